The van der Waals surface area contributed by atoms with E-state index in [0.717, 1.165) is 5.56 Å². The van der Waals surface area contributed by atoms with E-state index in [1.807, 2.05) is 30.3 Å². The Hall–Kier alpha value is -3.17. The van der Waals surface area contributed by atoms with Crippen LogP contribution in [-0.4, -0.2) is 33.9 Å². The molecule has 4 N–H and O–H groups in total. The number of rotatable bonds is 8. The molecular formula is C19H21N3O5S. The molecule has 0 aliphatic carbocycles. The van der Waals surface area contributed by atoms with Gasteiger partial charge in [-0.05, 0) is 29.8 Å². The predicted octanol–water partition coefficient (Wildman–Crippen LogP) is 1.50. The van der Waals surface area contributed by atoms with E-state index in [9.17, 15) is 18.0 Å². The lowest BCUT2D eigenvalue weighted by atomic mass is 10.2. The molecule has 0 aliphatic rings. The van der Waals surface area contributed by atoms with Crippen LogP contribution in [0.15, 0.2) is 59.5 Å². The van der Waals surface area contributed by atoms with Gasteiger partial charge < -0.3 is 15.4 Å². The van der Waals surface area contributed by atoms with Crippen LogP contribution < -0.4 is 20.5 Å². The Morgan fingerprint density at radius 1 is 1.14 bits per heavy atom. The molecule has 2 aromatic carbocycles. The molecule has 148 valence electrons. The zero-order valence-electron chi connectivity index (χ0n) is 15.2. The Balaban J connectivity index is 1.86. The summed E-state index contributed by atoms with van der Waals surface area (Å²) in [6, 6.07) is 13.4. The minimum Gasteiger partial charge on any atom is -0.495 e. The van der Waals surface area contributed by atoms with Gasteiger partial charge in [-0.2, -0.15) is 0 Å². The molecule has 0 atom stereocenters. The van der Waals surface area contributed by atoms with Gasteiger partial charge in [0.1, 0.15) is 10.6 Å². The zero-order chi connectivity index (χ0) is 20.6. The first kappa shape index (κ1) is 21.1. The molecule has 2 amide bonds. The quantitative estimate of drug-likeness (QED) is 0.576. The van der Waals surface area contributed by atoms with Crippen LogP contribution in [0.3, 0.4) is 0 Å². The van der Waals surface area contributed by atoms with E-state index in [1.165, 1.54) is 31.4 Å². The van der Waals surface area contributed by atoms with Crippen molar-refractivity contribution in [3.05, 3.63) is 60.2 Å². The monoisotopic (exact) mass is 403 g/mol. The fraction of sp³-hybridized carbons (Fsp3) is 0.158. The Morgan fingerprint density at radius 2 is 1.86 bits per heavy atom. The van der Waals surface area contributed by atoms with Gasteiger partial charge >= 0.3 is 0 Å². The smallest absolute Gasteiger partial charge is 0.244 e. The van der Waals surface area contributed by atoms with E-state index in [0.29, 0.717) is 0 Å². The molecule has 0 fully saturated rings. The first-order chi connectivity index (χ1) is 13.3. The highest BCUT2D eigenvalue weighted by Crippen LogP contribution is 2.26. The third-order valence-electron chi connectivity index (χ3n) is 3.63. The van der Waals surface area contributed by atoms with E-state index in [2.05, 4.69) is 10.6 Å². The van der Waals surface area contributed by atoms with Gasteiger partial charge in [-0.1, -0.05) is 30.3 Å². The molecule has 0 heterocycles. The Bertz CT molecular complexity index is 972. The number of ether oxygens (including phenoxy) is 1. The molecule has 28 heavy (non-hydrogen) atoms. The highest BCUT2D eigenvalue weighted by molar-refractivity contribution is 7.89. The number of benzene rings is 2. The number of carbonyl (C=O) groups excluding carboxylic acids is 2. The van der Waals surface area contributed by atoms with Crippen molar-refractivity contribution in [1.82, 2.24) is 5.32 Å². The number of hydrogen-bond donors (Lipinski definition) is 3. The fourth-order valence-electron chi connectivity index (χ4n) is 2.29. The summed E-state index contributed by atoms with van der Waals surface area (Å²) >= 11 is 0. The van der Waals surface area contributed by atoms with Crippen molar-refractivity contribution < 1.29 is 22.7 Å². The number of methoxy groups -OCH3 is 1. The SMILES string of the molecule is COc1ccc(NC(=O)CCNC(=O)/C=C/c2ccccc2)cc1S(N)(=O)=O. The molecule has 8 nitrogen and oxygen atoms in total. The molecule has 0 unspecified atom stereocenters. The van der Waals surface area contributed by atoms with E-state index in [4.69, 9.17) is 9.88 Å². The average Bonchev–Trinajstić information content (AvgIpc) is 2.66. The maximum absolute atomic E-state index is 12.0. The lowest BCUT2D eigenvalue weighted by Crippen LogP contribution is -2.26. The Morgan fingerprint density at radius 3 is 2.50 bits per heavy atom. The Kier molecular flexibility index (Phi) is 7.30. The second-order valence-corrected chi connectivity index (χ2v) is 7.27. The summed E-state index contributed by atoms with van der Waals surface area (Å²) in [4.78, 5) is 23.5. The molecule has 0 spiro atoms. The van der Waals surface area contributed by atoms with E-state index >= 15 is 0 Å². The van der Waals surface area contributed by atoms with Crippen molar-refractivity contribution >= 4 is 33.6 Å². The standard InChI is InChI=1S/C19H21N3O5S/c1-27-16-9-8-15(13-17(16)28(20,25)26)22-19(24)11-12-21-18(23)10-7-14-5-3-2-4-6-14/h2-10,13H,11-12H2,1H3,(H,21,23)(H,22,24)(H2,20,25,26)/b10-7+. The first-order valence-corrected chi connectivity index (χ1v) is 9.86. The maximum atomic E-state index is 12.0. The van der Waals surface area contributed by atoms with Gasteiger partial charge in [0, 0.05) is 24.7 Å². The molecule has 2 rings (SSSR count). The number of sulfonamides is 1. The Labute approximate surface area is 163 Å². The third-order valence-corrected chi connectivity index (χ3v) is 4.56. The van der Waals surface area contributed by atoms with Gasteiger partial charge in [0.25, 0.3) is 0 Å². The van der Waals surface area contributed by atoms with Gasteiger partial charge in [0.15, 0.2) is 0 Å². The fourth-order valence-corrected chi connectivity index (χ4v) is 3.02. The highest BCUT2D eigenvalue weighted by atomic mass is 32.2. The van der Waals surface area contributed by atoms with Gasteiger partial charge in [0.05, 0.1) is 7.11 Å². The zero-order valence-corrected chi connectivity index (χ0v) is 16.0. The van der Waals surface area contributed by atoms with E-state index in [1.54, 1.807) is 6.08 Å². The van der Waals surface area contributed by atoms with Crippen LogP contribution >= 0.6 is 0 Å². The van der Waals surface area contributed by atoms with Crippen molar-refractivity contribution in [3.8, 4) is 5.75 Å². The first-order valence-electron chi connectivity index (χ1n) is 8.31. The maximum Gasteiger partial charge on any atom is 0.244 e. The third kappa shape index (κ3) is 6.53. The van der Waals surface area contributed by atoms with Crippen LogP contribution in [0.2, 0.25) is 0 Å². The summed E-state index contributed by atoms with van der Waals surface area (Å²) in [6.45, 7) is 0.127. The minimum absolute atomic E-state index is 0.0155. The van der Waals surface area contributed by atoms with Gasteiger partial charge in [-0.15, -0.1) is 0 Å². The number of primary sulfonamides is 1. The van der Waals surface area contributed by atoms with Crippen LogP contribution in [0.5, 0.6) is 5.75 Å². The van der Waals surface area contributed by atoms with E-state index in [-0.39, 0.29) is 35.2 Å². The summed E-state index contributed by atoms with van der Waals surface area (Å²) in [5.41, 5.74) is 1.14. The van der Waals surface area contributed by atoms with Crippen LogP contribution in [-0.2, 0) is 19.6 Å². The second kappa shape index (κ2) is 9.67. The largest absolute Gasteiger partial charge is 0.495 e. The molecule has 0 saturated heterocycles. The topological polar surface area (TPSA) is 128 Å². The lowest BCUT2D eigenvalue weighted by Gasteiger charge is -2.10. The van der Waals surface area contributed by atoms with Crippen molar-refractivity contribution in [2.24, 2.45) is 5.14 Å². The molecule has 0 radical (unpaired) electrons. The predicted molar refractivity (Wildman–Crippen MR) is 106 cm³/mol. The van der Waals surface area contributed by atoms with Crippen molar-refractivity contribution in [2.75, 3.05) is 19.0 Å². The molecule has 0 saturated carbocycles. The molecule has 0 bridgehead atoms. The lowest BCUT2D eigenvalue weighted by molar-refractivity contribution is -0.117. The number of nitrogens with two attached hydrogens (primary N) is 1. The summed E-state index contributed by atoms with van der Waals surface area (Å²) in [6.07, 6.45) is 3.07. The summed E-state index contributed by atoms with van der Waals surface area (Å²) < 4.78 is 28.1. The van der Waals surface area contributed by atoms with E-state index < -0.39 is 15.9 Å². The number of amides is 2. The number of hydrogen-bond acceptors (Lipinski definition) is 5. The van der Waals surface area contributed by atoms with Crippen molar-refractivity contribution in [1.29, 1.82) is 0 Å². The van der Waals surface area contributed by atoms with Crippen molar-refractivity contribution in [2.45, 2.75) is 11.3 Å². The average molecular weight is 403 g/mol. The molecule has 0 aliphatic heterocycles. The van der Waals surface area contributed by atoms with Crippen molar-refractivity contribution in [3.63, 3.8) is 0 Å². The number of anilines is 1. The van der Waals surface area contributed by atoms with Crippen LogP contribution in [0.1, 0.15) is 12.0 Å². The highest BCUT2D eigenvalue weighted by Gasteiger charge is 2.16. The molecule has 9 heteroatoms. The number of carbonyl (C=O) groups is 2. The van der Waals surface area contributed by atoms with Crippen LogP contribution in [0.25, 0.3) is 6.08 Å². The summed E-state index contributed by atoms with van der Waals surface area (Å²) in [5, 5.41) is 10.3. The minimum atomic E-state index is -4.00. The van der Waals surface area contributed by atoms with Gasteiger partial charge in [0.2, 0.25) is 21.8 Å². The molecule has 0 aromatic heterocycles. The van der Waals surface area contributed by atoms with Crippen LogP contribution in [0, 0.1) is 0 Å². The molecule has 2 aromatic rings. The summed E-state index contributed by atoms with van der Waals surface area (Å²) in [7, 11) is -2.69. The molecular weight excluding hydrogens is 382 g/mol. The summed E-state index contributed by atoms with van der Waals surface area (Å²) in [5.74, 6) is -0.631. The second-order valence-electron chi connectivity index (χ2n) is 5.74. The van der Waals surface area contributed by atoms with Crippen LogP contribution in [0.4, 0.5) is 5.69 Å². The number of nitrogens with one attached hydrogen (secondary N) is 2. The normalized spacial score (nSPS) is 11.2. The van der Waals surface area contributed by atoms with Gasteiger partial charge in [-0.25, -0.2) is 13.6 Å². The van der Waals surface area contributed by atoms with Gasteiger partial charge in [-0.3, -0.25) is 9.59 Å².